The summed E-state index contributed by atoms with van der Waals surface area (Å²) in [6, 6.07) is 15.4. The Bertz CT molecular complexity index is 659. The minimum atomic E-state index is -0.253. The monoisotopic (exact) mass is 328 g/mol. The molecule has 0 atom stereocenters. The smallest absolute Gasteiger partial charge is 0.317 e. The van der Waals surface area contributed by atoms with Crippen molar-refractivity contribution < 1.29 is 14.3 Å². The second kappa shape index (κ2) is 9.45. The largest absolute Gasteiger partial charge is 0.490 e. The Balaban J connectivity index is 1.68. The predicted molar refractivity (Wildman–Crippen MR) is 94.5 cm³/mol. The summed E-state index contributed by atoms with van der Waals surface area (Å²) >= 11 is 0. The maximum absolute atomic E-state index is 11.8. The van der Waals surface area contributed by atoms with Crippen molar-refractivity contribution in [3.05, 3.63) is 59.7 Å². The highest BCUT2D eigenvalue weighted by Crippen LogP contribution is 2.25. The number of carbonyl (C=O) groups is 1. The van der Waals surface area contributed by atoms with Crippen LogP contribution in [0, 0.1) is 6.92 Å². The molecule has 0 radical (unpaired) electrons. The number of rotatable bonds is 8. The first-order chi connectivity index (χ1) is 11.7. The van der Waals surface area contributed by atoms with Crippen LogP contribution in [0.1, 0.15) is 18.1 Å². The predicted octanol–water partition coefficient (Wildman–Crippen LogP) is 3.27. The molecule has 0 aliphatic rings. The number of para-hydroxylation sites is 2. The number of hydrogen-bond acceptors (Lipinski definition) is 3. The van der Waals surface area contributed by atoms with Gasteiger partial charge in [0.25, 0.3) is 0 Å². The van der Waals surface area contributed by atoms with E-state index in [0.29, 0.717) is 24.7 Å². The average Bonchev–Trinajstić information content (AvgIpc) is 2.57. The van der Waals surface area contributed by atoms with E-state index in [1.54, 1.807) is 0 Å². The molecule has 128 valence electrons. The van der Waals surface area contributed by atoms with Crippen molar-refractivity contribution in [2.24, 2.45) is 0 Å². The lowest BCUT2D eigenvalue weighted by Gasteiger charge is -2.12. The summed E-state index contributed by atoms with van der Waals surface area (Å²) in [5.74, 6) is 1.28. The summed E-state index contributed by atoms with van der Waals surface area (Å²) in [7, 11) is 0. The molecular formula is C19H24N2O3. The van der Waals surface area contributed by atoms with Crippen molar-refractivity contribution in [1.82, 2.24) is 10.6 Å². The number of nitrogens with one attached hydrogen (secondary N) is 2. The number of hydrogen-bond donors (Lipinski definition) is 2. The average molecular weight is 328 g/mol. The van der Waals surface area contributed by atoms with Crippen molar-refractivity contribution in [3.8, 4) is 11.5 Å². The highest BCUT2D eigenvalue weighted by atomic mass is 16.5. The zero-order valence-electron chi connectivity index (χ0n) is 14.2. The first-order valence-electron chi connectivity index (χ1n) is 8.11. The highest BCUT2D eigenvalue weighted by molar-refractivity contribution is 5.73. The lowest BCUT2D eigenvalue weighted by Crippen LogP contribution is -2.38. The van der Waals surface area contributed by atoms with Gasteiger partial charge in [0, 0.05) is 6.54 Å². The van der Waals surface area contributed by atoms with E-state index in [-0.39, 0.29) is 12.8 Å². The third-order valence-electron chi connectivity index (χ3n) is 3.39. The molecule has 2 rings (SSSR count). The Morgan fingerprint density at radius 2 is 1.75 bits per heavy atom. The van der Waals surface area contributed by atoms with Gasteiger partial charge in [0.1, 0.15) is 0 Å². The maximum atomic E-state index is 11.8. The van der Waals surface area contributed by atoms with Crippen molar-refractivity contribution in [2.75, 3.05) is 19.9 Å². The van der Waals surface area contributed by atoms with Crippen molar-refractivity contribution in [2.45, 2.75) is 20.3 Å². The molecule has 0 aromatic heterocycles. The quantitative estimate of drug-likeness (QED) is 0.731. The van der Waals surface area contributed by atoms with Gasteiger partial charge in [-0.15, -0.1) is 0 Å². The van der Waals surface area contributed by atoms with Gasteiger partial charge < -0.3 is 20.1 Å². The van der Waals surface area contributed by atoms with E-state index in [2.05, 4.69) is 35.8 Å². The normalized spacial score (nSPS) is 10.1. The molecule has 2 aromatic carbocycles. The van der Waals surface area contributed by atoms with Crippen LogP contribution in [0.2, 0.25) is 0 Å². The van der Waals surface area contributed by atoms with Gasteiger partial charge in [-0.1, -0.05) is 42.0 Å². The Morgan fingerprint density at radius 1 is 1.00 bits per heavy atom. The van der Waals surface area contributed by atoms with Crippen molar-refractivity contribution >= 4 is 6.03 Å². The van der Waals surface area contributed by atoms with Gasteiger partial charge in [-0.25, -0.2) is 4.79 Å². The molecule has 5 nitrogen and oxygen atoms in total. The molecule has 0 saturated carbocycles. The van der Waals surface area contributed by atoms with Crippen LogP contribution < -0.4 is 20.1 Å². The van der Waals surface area contributed by atoms with Gasteiger partial charge in [0.05, 0.1) is 6.61 Å². The van der Waals surface area contributed by atoms with Crippen molar-refractivity contribution in [3.63, 3.8) is 0 Å². The third-order valence-corrected chi connectivity index (χ3v) is 3.39. The lowest BCUT2D eigenvalue weighted by molar-refractivity contribution is 0.220. The summed E-state index contributed by atoms with van der Waals surface area (Å²) < 4.78 is 11.0. The van der Waals surface area contributed by atoms with E-state index in [9.17, 15) is 4.79 Å². The van der Waals surface area contributed by atoms with Crippen LogP contribution in [0.25, 0.3) is 0 Å². The fourth-order valence-electron chi connectivity index (χ4n) is 2.27. The number of ether oxygens (including phenoxy) is 2. The molecule has 2 amide bonds. The SMILES string of the molecule is CCOc1ccccc1OCNC(=O)NCCc1cccc(C)c1. The Kier molecular flexibility index (Phi) is 6.95. The molecule has 0 heterocycles. The number of benzene rings is 2. The maximum Gasteiger partial charge on any atom is 0.317 e. The van der Waals surface area contributed by atoms with Crippen LogP contribution in [0.3, 0.4) is 0 Å². The van der Waals surface area contributed by atoms with Crippen LogP contribution in [0.15, 0.2) is 48.5 Å². The van der Waals surface area contributed by atoms with Crippen LogP contribution in [-0.2, 0) is 6.42 Å². The first kappa shape index (κ1) is 17.7. The zero-order chi connectivity index (χ0) is 17.2. The van der Waals surface area contributed by atoms with E-state index in [1.165, 1.54) is 11.1 Å². The van der Waals surface area contributed by atoms with Gasteiger partial charge in [-0.2, -0.15) is 0 Å². The molecule has 0 spiro atoms. The molecule has 0 bridgehead atoms. The molecule has 0 unspecified atom stereocenters. The van der Waals surface area contributed by atoms with Gasteiger partial charge in [-0.05, 0) is 38.0 Å². The number of aryl methyl sites for hydroxylation is 1. The van der Waals surface area contributed by atoms with Gasteiger partial charge in [-0.3, -0.25) is 0 Å². The van der Waals surface area contributed by atoms with Gasteiger partial charge in [0.2, 0.25) is 0 Å². The Labute approximate surface area is 143 Å². The fourth-order valence-corrected chi connectivity index (χ4v) is 2.27. The minimum Gasteiger partial charge on any atom is -0.490 e. The standard InChI is InChI=1S/C19H24N2O3/c1-3-23-17-9-4-5-10-18(17)24-14-21-19(22)20-12-11-16-8-6-7-15(2)13-16/h4-10,13H,3,11-12,14H2,1-2H3,(H2,20,21,22). The van der Waals surface area contributed by atoms with Crippen LogP contribution >= 0.6 is 0 Å². The molecule has 0 saturated heterocycles. The number of carbonyl (C=O) groups excluding carboxylic acids is 1. The molecular weight excluding hydrogens is 304 g/mol. The van der Waals surface area contributed by atoms with Crippen LogP contribution in [-0.4, -0.2) is 25.9 Å². The second-order valence-electron chi connectivity index (χ2n) is 5.34. The Hall–Kier alpha value is -2.69. The summed E-state index contributed by atoms with van der Waals surface area (Å²) in [5, 5.41) is 5.49. The molecule has 0 fully saturated rings. The van der Waals surface area contributed by atoms with E-state index >= 15 is 0 Å². The Morgan fingerprint density at radius 3 is 2.46 bits per heavy atom. The lowest BCUT2D eigenvalue weighted by atomic mass is 10.1. The van der Waals surface area contributed by atoms with Crippen LogP contribution in [0.5, 0.6) is 11.5 Å². The molecule has 24 heavy (non-hydrogen) atoms. The van der Waals surface area contributed by atoms with E-state index in [1.807, 2.05) is 37.3 Å². The summed E-state index contributed by atoms with van der Waals surface area (Å²) in [4.78, 5) is 11.8. The number of amides is 2. The molecule has 0 aliphatic carbocycles. The second-order valence-corrected chi connectivity index (χ2v) is 5.34. The molecule has 0 aliphatic heterocycles. The van der Waals surface area contributed by atoms with E-state index in [4.69, 9.17) is 9.47 Å². The van der Waals surface area contributed by atoms with E-state index in [0.717, 1.165) is 6.42 Å². The number of urea groups is 1. The minimum absolute atomic E-state index is 0.0837. The van der Waals surface area contributed by atoms with Gasteiger partial charge >= 0.3 is 6.03 Å². The highest BCUT2D eigenvalue weighted by Gasteiger charge is 2.04. The third kappa shape index (κ3) is 5.83. The van der Waals surface area contributed by atoms with E-state index < -0.39 is 0 Å². The first-order valence-corrected chi connectivity index (χ1v) is 8.11. The van der Waals surface area contributed by atoms with Gasteiger partial charge in [0.15, 0.2) is 18.2 Å². The van der Waals surface area contributed by atoms with Crippen molar-refractivity contribution in [1.29, 1.82) is 0 Å². The molecule has 2 aromatic rings. The molecule has 2 N–H and O–H groups in total. The fraction of sp³-hybridized carbons (Fsp3) is 0.316. The van der Waals surface area contributed by atoms with Crippen LogP contribution in [0.4, 0.5) is 4.79 Å². The summed E-state index contributed by atoms with van der Waals surface area (Å²) in [6.07, 6.45) is 0.795. The zero-order valence-corrected chi connectivity index (χ0v) is 14.2. The topological polar surface area (TPSA) is 59.6 Å². The summed E-state index contributed by atoms with van der Waals surface area (Å²) in [6.45, 7) is 5.19. The molecule has 5 heteroatoms. The summed E-state index contributed by atoms with van der Waals surface area (Å²) in [5.41, 5.74) is 2.43.